The van der Waals surface area contributed by atoms with Crippen molar-refractivity contribution in [3.05, 3.63) is 12.2 Å². The SMILES string of the molecule is CC/C=C/C[Si](OCC)(OCC)OCC. The Labute approximate surface area is 94.8 Å². The average Bonchev–Trinajstić information content (AvgIpc) is 2.19. The highest BCUT2D eigenvalue weighted by molar-refractivity contribution is 6.61. The Morgan fingerprint density at radius 1 is 0.800 bits per heavy atom. The maximum Gasteiger partial charge on any atom is 0.504 e. The van der Waals surface area contributed by atoms with Gasteiger partial charge in [-0.3, -0.25) is 0 Å². The molecule has 0 unspecified atom stereocenters. The fraction of sp³-hybridized carbons (Fsp3) is 0.818. The minimum absolute atomic E-state index is 0.645. The van der Waals surface area contributed by atoms with Gasteiger partial charge >= 0.3 is 8.80 Å². The van der Waals surface area contributed by atoms with E-state index >= 15 is 0 Å². The molecule has 0 rings (SSSR count). The molecule has 0 amide bonds. The van der Waals surface area contributed by atoms with Gasteiger partial charge in [-0.1, -0.05) is 19.1 Å². The standard InChI is InChI=1S/C11H24O3Si/c1-5-9-10-11-15(12-6-2,13-7-3)14-8-4/h9-10H,5-8,11H2,1-4H3/b10-9+. The maximum atomic E-state index is 5.70. The molecular weight excluding hydrogens is 208 g/mol. The Balaban J connectivity index is 4.37. The van der Waals surface area contributed by atoms with Crippen LogP contribution in [0.4, 0.5) is 0 Å². The average molecular weight is 232 g/mol. The number of rotatable bonds is 9. The van der Waals surface area contributed by atoms with Gasteiger partial charge < -0.3 is 13.3 Å². The molecule has 0 spiro atoms. The molecule has 0 aromatic heterocycles. The van der Waals surface area contributed by atoms with E-state index in [9.17, 15) is 0 Å². The highest BCUT2D eigenvalue weighted by Crippen LogP contribution is 2.16. The second-order valence-electron chi connectivity index (χ2n) is 3.07. The lowest BCUT2D eigenvalue weighted by Crippen LogP contribution is -2.45. The van der Waals surface area contributed by atoms with E-state index in [1.165, 1.54) is 0 Å². The van der Waals surface area contributed by atoms with Gasteiger partial charge in [0, 0.05) is 25.9 Å². The first-order valence-electron chi connectivity index (χ1n) is 5.81. The summed E-state index contributed by atoms with van der Waals surface area (Å²) < 4.78 is 17.1. The van der Waals surface area contributed by atoms with Crippen LogP contribution in [0.25, 0.3) is 0 Å². The summed E-state index contributed by atoms with van der Waals surface area (Å²) >= 11 is 0. The Kier molecular flexibility index (Phi) is 8.99. The van der Waals surface area contributed by atoms with E-state index in [2.05, 4.69) is 19.1 Å². The predicted octanol–water partition coefficient (Wildman–Crippen LogP) is 3.00. The molecule has 0 atom stereocenters. The highest BCUT2D eigenvalue weighted by atomic mass is 28.4. The molecule has 0 saturated carbocycles. The minimum Gasteiger partial charge on any atom is -0.374 e. The van der Waals surface area contributed by atoms with Gasteiger partial charge in [-0.05, 0) is 27.2 Å². The van der Waals surface area contributed by atoms with Gasteiger partial charge in [0.2, 0.25) is 0 Å². The molecule has 0 N–H and O–H groups in total. The smallest absolute Gasteiger partial charge is 0.374 e. The first kappa shape index (κ1) is 14.8. The lowest BCUT2D eigenvalue weighted by Gasteiger charge is -2.27. The number of hydrogen-bond donors (Lipinski definition) is 0. The van der Waals surface area contributed by atoms with Crippen LogP contribution >= 0.6 is 0 Å². The van der Waals surface area contributed by atoms with Crippen molar-refractivity contribution in [2.45, 2.75) is 40.2 Å². The second-order valence-corrected chi connectivity index (χ2v) is 5.71. The third kappa shape index (κ3) is 6.09. The maximum absolute atomic E-state index is 5.70. The van der Waals surface area contributed by atoms with Crippen LogP contribution < -0.4 is 0 Å². The summed E-state index contributed by atoms with van der Waals surface area (Å²) in [7, 11) is -2.42. The minimum atomic E-state index is -2.42. The van der Waals surface area contributed by atoms with Gasteiger partial charge in [-0.15, -0.1) is 0 Å². The summed E-state index contributed by atoms with van der Waals surface area (Å²) in [6.07, 6.45) is 5.26. The molecule has 0 aliphatic carbocycles. The van der Waals surface area contributed by atoms with Crippen LogP contribution in [0.2, 0.25) is 6.04 Å². The molecule has 0 fully saturated rings. The molecule has 3 nitrogen and oxygen atoms in total. The second kappa shape index (κ2) is 9.09. The van der Waals surface area contributed by atoms with Crippen LogP contribution in [0.3, 0.4) is 0 Å². The lowest BCUT2D eigenvalue weighted by atomic mass is 10.4. The van der Waals surface area contributed by atoms with E-state index in [0.717, 1.165) is 12.5 Å². The molecule has 15 heavy (non-hydrogen) atoms. The van der Waals surface area contributed by atoms with Crippen molar-refractivity contribution >= 4 is 8.80 Å². The van der Waals surface area contributed by atoms with Crippen molar-refractivity contribution in [1.29, 1.82) is 0 Å². The molecule has 0 aliphatic heterocycles. The van der Waals surface area contributed by atoms with Gasteiger partial charge in [0.25, 0.3) is 0 Å². The largest absolute Gasteiger partial charge is 0.504 e. The van der Waals surface area contributed by atoms with E-state index in [4.69, 9.17) is 13.3 Å². The first-order chi connectivity index (χ1) is 7.24. The van der Waals surface area contributed by atoms with Crippen LogP contribution in [0.1, 0.15) is 34.1 Å². The summed E-state index contributed by atoms with van der Waals surface area (Å²) in [4.78, 5) is 0. The van der Waals surface area contributed by atoms with Crippen LogP contribution in [0.5, 0.6) is 0 Å². The lowest BCUT2D eigenvalue weighted by molar-refractivity contribution is 0.0742. The summed E-state index contributed by atoms with van der Waals surface area (Å²) in [6.45, 7) is 9.97. The van der Waals surface area contributed by atoms with Crippen LogP contribution in [-0.2, 0) is 13.3 Å². The van der Waals surface area contributed by atoms with Gasteiger partial charge in [-0.25, -0.2) is 0 Å². The quantitative estimate of drug-likeness (QED) is 0.452. The van der Waals surface area contributed by atoms with Gasteiger partial charge in [0.05, 0.1) is 0 Å². The van der Waals surface area contributed by atoms with Crippen molar-refractivity contribution in [3.63, 3.8) is 0 Å². The molecule has 90 valence electrons. The summed E-state index contributed by atoms with van der Waals surface area (Å²) in [5.74, 6) is 0. The van der Waals surface area contributed by atoms with E-state index in [-0.39, 0.29) is 0 Å². The monoisotopic (exact) mass is 232 g/mol. The van der Waals surface area contributed by atoms with Crippen molar-refractivity contribution in [2.24, 2.45) is 0 Å². The third-order valence-electron chi connectivity index (χ3n) is 1.86. The third-order valence-corrected chi connectivity index (χ3v) is 4.78. The Hall–Kier alpha value is -0.163. The molecular formula is C11H24O3Si. The molecule has 0 heterocycles. The Morgan fingerprint density at radius 2 is 1.27 bits per heavy atom. The molecule has 0 aliphatic rings. The summed E-state index contributed by atoms with van der Waals surface area (Å²) in [5.41, 5.74) is 0. The van der Waals surface area contributed by atoms with Crippen molar-refractivity contribution in [2.75, 3.05) is 19.8 Å². The summed E-state index contributed by atoms with van der Waals surface area (Å²) in [5, 5.41) is 0. The Bertz CT molecular complexity index is 154. The van der Waals surface area contributed by atoms with E-state index < -0.39 is 8.80 Å². The Morgan fingerprint density at radius 3 is 1.60 bits per heavy atom. The molecule has 0 aromatic rings. The van der Waals surface area contributed by atoms with Crippen molar-refractivity contribution < 1.29 is 13.3 Å². The topological polar surface area (TPSA) is 27.7 Å². The zero-order chi connectivity index (χ0) is 11.6. The fourth-order valence-corrected chi connectivity index (χ4v) is 3.73. The predicted molar refractivity (Wildman–Crippen MR) is 64.9 cm³/mol. The molecule has 4 heteroatoms. The number of allylic oxidation sites excluding steroid dienone is 2. The van der Waals surface area contributed by atoms with Crippen LogP contribution in [0.15, 0.2) is 12.2 Å². The molecule has 0 bridgehead atoms. The summed E-state index contributed by atoms with van der Waals surface area (Å²) in [6, 6.07) is 0.774. The number of hydrogen-bond acceptors (Lipinski definition) is 3. The van der Waals surface area contributed by atoms with Crippen molar-refractivity contribution in [3.8, 4) is 0 Å². The van der Waals surface area contributed by atoms with Gasteiger partial charge in [0.1, 0.15) is 0 Å². The van der Waals surface area contributed by atoms with E-state index in [0.29, 0.717) is 19.8 Å². The van der Waals surface area contributed by atoms with Crippen LogP contribution in [0, 0.1) is 0 Å². The molecule has 0 aromatic carbocycles. The van der Waals surface area contributed by atoms with E-state index in [1.807, 2.05) is 20.8 Å². The molecule has 0 radical (unpaired) electrons. The first-order valence-corrected chi connectivity index (χ1v) is 7.74. The normalized spacial score (nSPS) is 12.5. The van der Waals surface area contributed by atoms with E-state index in [1.54, 1.807) is 0 Å². The fourth-order valence-electron chi connectivity index (χ4n) is 1.36. The van der Waals surface area contributed by atoms with Gasteiger partial charge in [0.15, 0.2) is 0 Å². The zero-order valence-electron chi connectivity index (χ0n) is 10.4. The highest BCUT2D eigenvalue weighted by Gasteiger charge is 2.38. The molecule has 0 saturated heterocycles. The van der Waals surface area contributed by atoms with Gasteiger partial charge in [-0.2, -0.15) is 0 Å². The van der Waals surface area contributed by atoms with Crippen LogP contribution in [-0.4, -0.2) is 28.6 Å². The van der Waals surface area contributed by atoms with Crippen molar-refractivity contribution in [1.82, 2.24) is 0 Å². The zero-order valence-corrected chi connectivity index (χ0v) is 11.4.